The van der Waals surface area contributed by atoms with Crippen LogP contribution >= 0.6 is 0 Å². The predicted octanol–water partition coefficient (Wildman–Crippen LogP) is 2.09. The van der Waals surface area contributed by atoms with Crippen LogP contribution in [0.3, 0.4) is 0 Å². The zero-order valence-electron chi connectivity index (χ0n) is 11.4. The van der Waals surface area contributed by atoms with Crippen molar-refractivity contribution in [3.8, 4) is 5.75 Å². The molecule has 0 aliphatic carbocycles. The van der Waals surface area contributed by atoms with Crippen molar-refractivity contribution < 1.29 is 9.47 Å². The van der Waals surface area contributed by atoms with Crippen molar-refractivity contribution in [2.24, 2.45) is 5.84 Å². The highest BCUT2D eigenvalue weighted by Gasteiger charge is 2.37. The van der Waals surface area contributed by atoms with E-state index in [9.17, 15) is 0 Å². The molecule has 4 heteroatoms. The molecule has 2 heterocycles. The molecule has 19 heavy (non-hydrogen) atoms. The van der Waals surface area contributed by atoms with Gasteiger partial charge in [0.1, 0.15) is 5.75 Å². The summed E-state index contributed by atoms with van der Waals surface area (Å²) in [6, 6.07) is 6.38. The number of ether oxygens (including phenoxy) is 2. The predicted molar refractivity (Wildman–Crippen MR) is 73.9 cm³/mol. The largest absolute Gasteiger partial charge is 0.493 e. The highest BCUT2D eigenvalue weighted by atomic mass is 16.5. The molecule has 104 valence electrons. The smallest absolute Gasteiger partial charge is 0.122 e. The molecule has 0 aromatic heterocycles. The minimum absolute atomic E-state index is 0.0266. The number of nitrogens with two attached hydrogens (primary N) is 1. The molecule has 0 spiro atoms. The second-order valence-electron chi connectivity index (χ2n) is 5.68. The Kier molecular flexibility index (Phi) is 3.48. The molecule has 1 aromatic carbocycles. The van der Waals surface area contributed by atoms with E-state index in [-0.39, 0.29) is 11.6 Å². The van der Waals surface area contributed by atoms with Gasteiger partial charge in [-0.2, -0.15) is 0 Å². The molecule has 0 bridgehead atoms. The molecule has 2 aliphatic rings. The van der Waals surface area contributed by atoms with Crippen molar-refractivity contribution in [2.75, 3.05) is 13.2 Å². The molecule has 3 rings (SSSR count). The van der Waals surface area contributed by atoms with Crippen LogP contribution in [-0.4, -0.2) is 18.8 Å². The fourth-order valence-electron chi connectivity index (χ4n) is 3.19. The number of nitrogens with one attached hydrogen (secondary N) is 1. The molecule has 0 amide bonds. The number of benzene rings is 1. The third-order valence-electron chi connectivity index (χ3n) is 4.32. The van der Waals surface area contributed by atoms with Crippen LogP contribution in [0.4, 0.5) is 0 Å². The van der Waals surface area contributed by atoms with E-state index < -0.39 is 0 Å². The standard InChI is InChI=1S/C15H22N2O2/c1-15(7-2-3-8-19-15)14(17-16)12-4-5-13-11(10-12)6-9-18-13/h4-5,10,14,17H,2-3,6-9,16H2,1H3. The van der Waals surface area contributed by atoms with Crippen LogP contribution in [0.1, 0.15) is 43.4 Å². The molecule has 2 unspecified atom stereocenters. The van der Waals surface area contributed by atoms with E-state index in [1.165, 1.54) is 17.5 Å². The number of hydrogen-bond acceptors (Lipinski definition) is 4. The number of rotatable bonds is 3. The van der Waals surface area contributed by atoms with E-state index in [1.807, 2.05) is 6.07 Å². The average molecular weight is 262 g/mol. The van der Waals surface area contributed by atoms with Gasteiger partial charge in [-0.25, -0.2) is 0 Å². The Morgan fingerprint density at radius 1 is 1.32 bits per heavy atom. The van der Waals surface area contributed by atoms with Crippen molar-refractivity contribution in [1.29, 1.82) is 0 Å². The number of hydrazine groups is 1. The monoisotopic (exact) mass is 262 g/mol. The maximum Gasteiger partial charge on any atom is 0.122 e. The van der Waals surface area contributed by atoms with Gasteiger partial charge < -0.3 is 9.47 Å². The van der Waals surface area contributed by atoms with Crippen molar-refractivity contribution in [3.63, 3.8) is 0 Å². The SMILES string of the molecule is CC1(C(NN)c2ccc3c(c2)CCO3)CCCCO1. The van der Waals surface area contributed by atoms with Gasteiger partial charge in [-0.1, -0.05) is 12.1 Å². The van der Waals surface area contributed by atoms with Crippen LogP contribution in [0, 0.1) is 0 Å². The summed E-state index contributed by atoms with van der Waals surface area (Å²) in [4.78, 5) is 0. The Morgan fingerprint density at radius 2 is 2.21 bits per heavy atom. The number of fused-ring (bicyclic) bond motifs is 1. The lowest BCUT2D eigenvalue weighted by Crippen LogP contribution is -2.48. The zero-order chi connectivity index (χ0) is 13.3. The van der Waals surface area contributed by atoms with Gasteiger partial charge in [0.25, 0.3) is 0 Å². The van der Waals surface area contributed by atoms with Crippen LogP contribution in [0.15, 0.2) is 18.2 Å². The lowest BCUT2D eigenvalue weighted by Gasteiger charge is -2.40. The van der Waals surface area contributed by atoms with Crippen LogP contribution in [0.5, 0.6) is 5.75 Å². The summed E-state index contributed by atoms with van der Waals surface area (Å²) in [5.74, 6) is 6.81. The maximum absolute atomic E-state index is 6.02. The first-order chi connectivity index (χ1) is 9.23. The highest BCUT2D eigenvalue weighted by Crippen LogP contribution is 2.38. The first-order valence-electron chi connectivity index (χ1n) is 7.09. The van der Waals surface area contributed by atoms with Crippen LogP contribution < -0.4 is 16.0 Å². The normalized spacial score (nSPS) is 27.7. The van der Waals surface area contributed by atoms with E-state index in [4.69, 9.17) is 15.3 Å². The summed E-state index contributed by atoms with van der Waals surface area (Å²) in [7, 11) is 0. The summed E-state index contributed by atoms with van der Waals surface area (Å²) in [5.41, 5.74) is 5.20. The molecule has 2 aliphatic heterocycles. The van der Waals surface area contributed by atoms with Crippen molar-refractivity contribution in [3.05, 3.63) is 29.3 Å². The lowest BCUT2D eigenvalue weighted by molar-refractivity contribution is -0.0899. The van der Waals surface area contributed by atoms with Gasteiger partial charge in [-0.15, -0.1) is 0 Å². The summed E-state index contributed by atoms with van der Waals surface area (Å²) < 4.78 is 11.6. The Morgan fingerprint density at radius 3 is 2.95 bits per heavy atom. The zero-order valence-corrected chi connectivity index (χ0v) is 11.4. The quantitative estimate of drug-likeness (QED) is 0.647. The Labute approximate surface area is 114 Å². The Balaban J connectivity index is 1.89. The number of hydrogen-bond donors (Lipinski definition) is 2. The molecule has 2 atom stereocenters. The van der Waals surface area contributed by atoms with E-state index in [0.29, 0.717) is 0 Å². The fraction of sp³-hybridized carbons (Fsp3) is 0.600. The van der Waals surface area contributed by atoms with Crippen LogP contribution in [0.25, 0.3) is 0 Å². The van der Waals surface area contributed by atoms with Crippen molar-refractivity contribution in [2.45, 2.75) is 44.2 Å². The second-order valence-corrected chi connectivity index (χ2v) is 5.68. The maximum atomic E-state index is 6.02. The lowest BCUT2D eigenvalue weighted by atomic mass is 9.84. The van der Waals surface area contributed by atoms with Crippen LogP contribution in [-0.2, 0) is 11.2 Å². The molecule has 1 fully saturated rings. The second kappa shape index (κ2) is 5.12. The van der Waals surface area contributed by atoms with E-state index in [1.54, 1.807) is 0 Å². The first kappa shape index (κ1) is 12.9. The van der Waals surface area contributed by atoms with E-state index in [2.05, 4.69) is 24.5 Å². The third-order valence-corrected chi connectivity index (χ3v) is 4.32. The molecular weight excluding hydrogens is 240 g/mol. The van der Waals surface area contributed by atoms with Gasteiger partial charge >= 0.3 is 0 Å². The van der Waals surface area contributed by atoms with Gasteiger partial charge in [0.2, 0.25) is 0 Å². The summed E-state index contributed by atoms with van der Waals surface area (Å²) in [5, 5.41) is 0. The van der Waals surface area contributed by atoms with E-state index >= 15 is 0 Å². The average Bonchev–Trinajstić information content (AvgIpc) is 2.87. The first-order valence-corrected chi connectivity index (χ1v) is 7.09. The van der Waals surface area contributed by atoms with Gasteiger partial charge in [0.05, 0.1) is 18.2 Å². The van der Waals surface area contributed by atoms with Crippen LogP contribution in [0.2, 0.25) is 0 Å². The molecule has 3 N–H and O–H groups in total. The van der Waals surface area contributed by atoms with Gasteiger partial charge in [0, 0.05) is 13.0 Å². The van der Waals surface area contributed by atoms with Gasteiger partial charge in [-0.3, -0.25) is 11.3 Å². The van der Waals surface area contributed by atoms with Crippen molar-refractivity contribution in [1.82, 2.24) is 5.43 Å². The summed E-state index contributed by atoms with van der Waals surface area (Å²) in [6.07, 6.45) is 4.36. The minimum Gasteiger partial charge on any atom is -0.493 e. The highest BCUT2D eigenvalue weighted by molar-refractivity contribution is 5.41. The molecule has 4 nitrogen and oxygen atoms in total. The Hall–Kier alpha value is -1.10. The molecule has 1 aromatic rings. The van der Waals surface area contributed by atoms with E-state index in [0.717, 1.165) is 38.2 Å². The van der Waals surface area contributed by atoms with Gasteiger partial charge in [-0.05, 0) is 43.4 Å². The topological polar surface area (TPSA) is 56.5 Å². The Bertz CT molecular complexity index is 455. The van der Waals surface area contributed by atoms with Crippen molar-refractivity contribution >= 4 is 0 Å². The fourth-order valence-corrected chi connectivity index (χ4v) is 3.19. The summed E-state index contributed by atoms with van der Waals surface area (Å²) >= 11 is 0. The summed E-state index contributed by atoms with van der Waals surface area (Å²) in [6.45, 7) is 3.76. The molecule has 0 radical (unpaired) electrons. The third kappa shape index (κ3) is 2.36. The molecule has 0 saturated carbocycles. The minimum atomic E-state index is -0.222. The van der Waals surface area contributed by atoms with Gasteiger partial charge in [0.15, 0.2) is 0 Å². The molecular formula is C15H22N2O2. The molecule has 1 saturated heterocycles.